The summed E-state index contributed by atoms with van der Waals surface area (Å²) in [5, 5.41) is 0. The lowest BCUT2D eigenvalue weighted by Gasteiger charge is -2.16. The van der Waals surface area contributed by atoms with Crippen LogP contribution < -0.4 is 15.2 Å². The van der Waals surface area contributed by atoms with Crippen molar-refractivity contribution < 1.29 is 9.47 Å². The van der Waals surface area contributed by atoms with E-state index in [0.29, 0.717) is 0 Å². The summed E-state index contributed by atoms with van der Waals surface area (Å²) in [6, 6.07) is 3.81. The summed E-state index contributed by atoms with van der Waals surface area (Å²) in [5.41, 5.74) is 7.20. The predicted molar refractivity (Wildman–Crippen MR) is 67.1 cm³/mol. The molecule has 1 fully saturated rings. The molecule has 1 saturated carbocycles. The monoisotopic (exact) mass is 285 g/mol. The molecule has 0 aromatic heterocycles. The minimum absolute atomic E-state index is 0.0395. The molecule has 1 aliphatic carbocycles. The van der Waals surface area contributed by atoms with E-state index in [1.165, 1.54) is 0 Å². The topological polar surface area (TPSA) is 44.5 Å². The largest absolute Gasteiger partial charge is 0.496 e. The number of rotatable bonds is 4. The molecule has 3 nitrogen and oxygen atoms in total. The van der Waals surface area contributed by atoms with Gasteiger partial charge in [0, 0.05) is 11.1 Å². The minimum atomic E-state index is -0.0395. The standard InChI is InChI=1S/C12H16BrNO2/c1-15-9-3-4-10(16-2)11(13)8(9)7-12(14)5-6-12/h3-4H,5-7,14H2,1-2H3. The molecule has 0 heterocycles. The van der Waals surface area contributed by atoms with Crippen LogP contribution in [0.5, 0.6) is 11.5 Å². The molecule has 0 amide bonds. The first kappa shape index (κ1) is 11.7. The summed E-state index contributed by atoms with van der Waals surface area (Å²) in [5.74, 6) is 1.68. The van der Waals surface area contributed by atoms with Gasteiger partial charge in [0.25, 0.3) is 0 Å². The molecule has 0 radical (unpaired) electrons. The highest BCUT2D eigenvalue weighted by Gasteiger charge is 2.39. The van der Waals surface area contributed by atoms with E-state index in [0.717, 1.165) is 40.8 Å². The fourth-order valence-corrected chi connectivity index (χ4v) is 2.41. The summed E-state index contributed by atoms with van der Waals surface area (Å²) >= 11 is 3.55. The lowest BCUT2D eigenvalue weighted by Crippen LogP contribution is -2.25. The van der Waals surface area contributed by atoms with Crippen molar-refractivity contribution >= 4 is 15.9 Å². The zero-order valence-electron chi connectivity index (χ0n) is 9.55. The summed E-state index contributed by atoms with van der Waals surface area (Å²) in [7, 11) is 3.33. The van der Waals surface area contributed by atoms with E-state index >= 15 is 0 Å². The average molecular weight is 286 g/mol. The molecule has 0 spiro atoms. The zero-order valence-corrected chi connectivity index (χ0v) is 11.1. The minimum Gasteiger partial charge on any atom is -0.496 e. The van der Waals surface area contributed by atoms with E-state index in [2.05, 4.69) is 15.9 Å². The Bertz CT molecular complexity index is 402. The molecule has 1 aliphatic rings. The van der Waals surface area contributed by atoms with Crippen LogP contribution in [0.2, 0.25) is 0 Å². The van der Waals surface area contributed by atoms with E-state index in [1.807, 2.05) is 12.1 Å². The Morgan fingerprint density at radius 2 is 1.81 bits per heavy atom. The van der Waals surface area contributed by atoms with Crippen molar-refractivity contribution in [2.75, 3.05) is 14.2 Å². The third-order valence-corrected chi connectivity index (χ3v) is 3.90. The molecule has 0 aliphatic heterocycles. The molecular weight excluding hydrogens is 270 g/mol. The maximum absolute atomic E-state index is 6.15. The molecule has 2 N–H and O–H groups in total. The van der Waals surface area contributed by atoms with Gasteiger partial charge in [-0.05, 0) is 47.3 Å². The fourth-order valence-electron chi connectivity index (χ4n) is 1.79. The molecule has 2 rings (SSSR count). The molecule has 88 valence electrons. The van der Waals surface area contributed by atoms with Gasteiger partial charge < -0.3 is 15.2 Å². The first-order chi connectivity index (χ1) is 7.59. The Morgan fingerprint density at radius 3 is 2.31 bits per heavy atom. The number of nitrogens with two attached hydrogens (primary N) is 1. The van der Waals surface area contributed by atoms with Gasteiger partial charge in [0.05, 0.1) is 18.7 Å². The predicted octanol–water partition coefficient (Wildman–Crippen LogP) is 2.50. The van der Waals surface area contributed by atoms with Crippen LogP contribution in [0.15, 0.2) is 16.6 Å². The third kappa shape index (κ3) is 2.18. The zero-order chi connectivity index (χ0) is 11.8. The first-order valence-electron chi connectivity index (χ1n) is 5.28. The Morgan fingerprint density at radius 1 is 1.25 bits per heavy atom. The lowest BCUT2D eigenvalue weighted by molar-refractivity contribution is 0.394. The first-order valence-corrected chi connectivity index (χ1v) is 6.07. The Labute approximate surface area is 104 Å². The normalized spacial score (nSPS) is 17.0. The van der Waals surface area contributed by atoms with Gasteiger partial charge in [0.2, 0.25) is 0 Å². The smallest absolute Gasteiger partial charge is 0.133 e. The number of hydrogen-bond acceptors (Lipinski definition) is 3. The van der Waals surface area contributed by atoms with E-state index in [9.17, 15) is 0 Å². The second kappa shape index (κ2) is 4.26. The third-order valence-electron chi connectivity index (χ3n) is 3.03. The molecule has 0 saturated heterocycles. The van der Waals surface area contributed by atoms with Gasteiger partial charge in [-0.25, -0.2) is 0 Å². The van der Waals surface area contributed by atoms with Crippen molar-refractivity contribution in [2.24, 2.45) is 5.73 Å². The molecule has 1 aromatic carbocycles. The molecule has 0 bridgehead atoms. The Kier molecular flexibility index (Phi) is 3.13. The van der Waals surface area contributed by atoms with E-state index in [1.54, 1.807) is 14.2 Å². The van der Waals surface area contributed by atoms with Gasteiger partial charge in [0.1, 0.15) is 11.5 Å². The maximum atomic E-state index is 6.15. The van der Waals surface area contributed by atoms with Gasteiger partial charge in [-0.2, -0.15) is 0 Å². The number of halogens is 1. The number of hydrogen-bond donors (Lipinski definition) is 1. The Hall–Kier alpha value is -0.740. The number of methoxy groups -OCH3 is 2. The SMILES string of the molecule is COc1ccc(OC)c(CC2(N)CC2)c1Br. The summed E-state index contributed by atoms with van der Waals surface area (Å²) < 4.78 is 11.6. The number of ether oxygens (including phenoxy) is 2. The molecule has 4 heteroatoms. The summed E-state index contributed by atoms with van der Waals surface area (Å²) in [4.78, 5) is 0. The van der Waals surface area contributed by atoms with Crippen LogP contribution in [0.25, 0.3) is 0 Å². The average Bonchev–Trinajstić information content (AvgIpc) is 2.99. The van der Waals surface area contributed by atoms with Crippen molar-refractivity contribution in [3.8, 4) is 11.5 Å². The van der Waals surface area contributed by atoms with Crippen molar-refractivity contribution in [1.82, 2.24) is 0 Å². The van der Waals surface area contributed by atoms with Crippen LogP contribution in [-0.4, -0.2) is 19.8 Å². The van der Waals surface area contributed by atoms with E-state index in [-0.39, 0.29) is 5.54 Å². The van der Waals surface area contributed by atoms with Crippen LogP contribution in [0.1, 0.15) is 18.4 Å². The van der Waals surface area contributed by atoms with Gasteiger partial charge in [-0.1, -0.05) is 0 Å². The van der Waals surface area contributed by atoms with Gasteiger partial charge >= 0.3 is 0 Å². The second-order valence-electron chi connectivity index (χ2n) is 4.30. The maximum Gasteiger partial charge on any atom is 0.133 e. The van der Waals surface area contributed by atoms with Gasteiger partial charge in [-0.15, -0.1) is 0 Å². The van der Waals surface area contributed by atoms with Crippen LogP contribution in [0, 0.1) is 0 Å². The molecule has 1 aromatic rings. The second-order valence-corrected chi connectivity index (χ2v) is 5.09. The van der Waals surface area contributed by atoms with Gasteiger partial charge in [-0.3, -0.25) is 0 Å². The molecular formula is C12H16BrNO2. The van der Waals surface area contributed by atoms with Gasteiger partial charge in [0.15, 0.2) is 0 Å². The van der Waals surface area contributed by atoms with Crippen LogP contribution in [0.3, 0.4) is 0 Å². The summed E-state index contributed by atoms with van der Waals surface area (Å²) in [6.07, 6.45) is 2.99. The van der Waals surface area contributed by atoms with Crippen molar-refractivity contribution in [1.29, 1.82) is 0 Å². The fraction of sp³-hybridized carbons (Fsp3) is 0.500. The lowest BCUT2D eigenvalue weighted by atomic mass is 10.0. The highest BCUT2D eigenvalue weighted by molar-refractivity contribution is 9.10. The number of benzene rings is 1. The molecule has 16 heavy (non-hydrogen) atoms. The highest BCUT2D eigenvalue weighted by Crippen LogP contribution is 2.42. The van der Waals surface area contributed by atoms with E-state index in [4.69, 9.17) is 15.2 Å². The molecule has 0 unspecified atom stereocenters. The highest BCUT2D eigenvalue weighted by atomic mass is 79.9. The van der Waals surface area contributed by atoms with Crippen LogP contribution in [-0.2, 0) is 6.42 Å². The van der Waals surface area contributed by atoms with Crippen molar-refractivity contribution in [2.45, 2.75) is 24.8 Å². The van der Waals surface area contributed by atoms with Crippen molar-refractivity contribution in [3.05, 3.63) is 22.2 Å². The quantitative estimate of drug-likeness (QED) is 0.925. The van der Waals surface area contributed by atoms with Crippen LogP contribution >= 0.6 is 15.9 Å². The summed E-state index contributed by atoms with van der Waals surface area (Å²) in [6.45, 7) is 0. The van der Waals surface area contributed by atoms with Crippen molar-refractivity contribution in [3.63, 3.8) is 0 Å². The Balaban J connectivity index is 2.38. The molecule has 0 atom stereocenters. The van der Waals surface area contributed by atoms with Crippen LogP contribution in [0.4, 0.5) is 0 Å². The van der Waals surface area contributed by atoms with E-state index < -0.39 is 0 Å².